The Labute approximate surface area is 203 Å². The predicted molar refractivity (Wildman–Crippen MR) is 129 cm³/mol. The lowest BCUT2D eigenvalue weighted by Gasteiger charge is -2.25. The number of para-hydroxylation sites is 1. The average molecular weight is 485 g/mol. The molecular weight excluding hydrogens is 452 g/mol. The first-order valence-corrected chi connectivity index (χ1v) is 11.6. The molecule has 4 atom stereocenters. The topological polar surface area (TPSA) is 161 Å². The number of aromatic nitrogens is 1. The van der Waals surface area contributed by atoms with Crippen LogP contribution in [0.15, 0.2) is 30.5 Å². The van der Waals surface area contributed by atoms with Crippen molar-refractivity contribution in [2.45, 2.75) is 58.3 Å². The van der Waals surface area contributed by atoms with E-state index < -0.39 is 53.7 Å². The summed E-state index contributed by atoms with van der Waals surface area (Å²) in [5, 5.41) is 13.8. The van der Waals surface area contributed by atoms with Crippen LogP contribution in [0.25, 0.3) is 10.9 Å². The number of nitrogens with one attached hydrogen (secondary N) is 6. The molecule has 5 amide bonds. The zero-order chi connectivity index (χ0) is 25.7. The minimum atomic E-state index is -1.01. The molecule has 0 radical (unpaired) electrons. The molecule has 1 saturated heterocycles. The third-order valence-corrected chi connectivity index (χ3v) is 5.92. The second kappa shape index (κ2) is 11.0. The first-order chi connectivity index (χ1) is 16.6. The fourth-order valence-corrected chi connectivity index (χ4v) is 3.85. The molecule has 3 rings (SSSR count). The quantitative estimate of drug-likeness (QED) is 0.345. The number of hydrogen-bond acceptors (Lipinski definition) is 5. The monoisotopic (exact) mass is 484 g/mol. The molecule has 11 heteroatoms. The smallest absolute Gasteiger partial charge is 0.243 e. The van der Waals surface area contributed by atoms with Crippen molar-refractivity contribution in [2.24, 2.45) is 5.92 Å². The number of aromatic amines is 1. The molecule has 188 valence electrons. The Morgan fingerprint density at radius 2 is 1.49 bits per heavy atom. The van der Waals surface area contributed by atoms with Gasteiger partial charge >= 0.3 is 0 Å². The molecule has 0 unspecified atom stereocenters. The summed E-state index contributed by atoms with van der Waals surface area (Å²) in [6, 6.07) is 3.72. The van der Waals surface area contributed by atoms with Crippen molar-refractivity contribution >= 4 is 40.4 Å². The van der Waals surface area contributed by atoms with E-state index in [4.69, 9.17) is 0 Å². The third kappa shape index (κ3) is 6.37. The van der Waals surface area contributed by atoms with Gasteiger partial charge in [0.1, 0.15) is 24.2 Å². The van der Waals surface area contributed by atoms with Crippen LogP contribution in [0.2, 0.25) is 0 Å². The lowest BCUT2D eigenvalue weighted by atomic mass is 10.0. The number of H-pyrrole nitrogens is 1. The van der Waals surface area contributed by atoms with Gasteiger partial charge in [-0.05, 0) is 31.4 Å². The van der Waals surface area contributed by atoms with Gasteiger partial charge in [-0.3, -0.25) is 24.0 Å². The van der Waals surface area contributed by atoms with E-state index in [1.807, 2.05) is 24.3 Å². The van der Waals surface area contributed by atoms with Crippen molar-refractivity contribution in [1.29, 1.82) is 0 Å². The summed E-state index contributed by atoms with van der Waals surface area (Å²) in [5.41, 5.74) is 1.69. The molecule has 1 aliphatic rings. The van der Waals surface area contributed by atoms with Crippen molar-refractivity contribution in [3.63, 3.8) is 0 Å². The molecule has 35 heavy (non-hydrogen) atoms. The molecule has 1 aliphatic heterocycles. The summed E-state index contributed by atoms with van der Waals surface area (Å²) >= 11 is 0. The van der Waals surface area contributed by atoms with Gasteiger partial charge in [0.15, 0.2) is 0 Å². The molecule has 0 aliphatic carbocycles. The summed E-state index contributed by atoms with van der Waals surface area (Å²) in [4.78, 5) is 66.8. The first kappa shape index (κ1) is 25.7. The van der Waals surface area contributed by atoms with Gasteiger partial charge in [0.05, 0.1) is 6.54 Å². The third-order valence-electron chi connectivity index (χ3n) is 5.92. The van der Waals surface area contributed by atoms with Gasteiger partial charge in [-0.25, -0.2) is 0 Å². The van der Waals surface area contributed by atoms with E-state index in [1.54, 1.807) is 20.0 Å². The van der Waals surface area contributed by atoms with Crippen molar-refractivity contribution in [3.8, 4) is 0 Å². The van der Waals surface area contributed by atoms with E-state index in [2.05, 4.69) is 31.6 Å². The molecule has 0 spiro atoms. The molecule has 1 fully saturated rings. The Kier molecular flexibility index (Phi) is 8.10. The van der Waals surface area contributed by atoms with Crippen LogP contribution in [0.1, 0.15) is 33.3 Å². The van der Waals surface area contributed by atoms with Gasteiger partial charge in [0.25, 0.3) is 0 Å². The SMILES string of the molecule is CC(C)[C@@H]1NC(=O)[C@H](C)NC(=O)[C@H](Cc2c[nH]c3ccccc23)NC(=O)[C@H](C)NC(=O)CNC1=O. The standard InChI is InChI=1S/C24H32N6O5/c1-12(2)20-24(35)26-11-19(31)27-13(3)21(32)29-18(23(34)28-14(4)22(33)30-20)9-15-10-25-17-8-6-5-7-16(15)17/h5-8,10,12-14,18,20,25H,9,11H2,1-4H3,(H,26,35)(H,27,31)(H,28,34)(H,29,32)(H,30,33)/t13-,14-,18-,20-/m0/s1. The summed E-state index contributed by atoms with van der Waals surface area (Å²) < 4.78 is 0. The Balaban J connectivity index is 1.89. The van der Waals surface area contributed by atoms with Crippen molar-refractivity contribution in [1.82, 2.24) is 31.6 Å². The molecule has 2 aromatic rings. The molecule has 11 nitrogen and oxygen atoms in total. The van der Waals surface area contributed by atoms with E-state index in [0.717, 1.165) is 16.5 Å². The number of benzene rings is 1. The molecule has 2 heterocycles. The highest BCUT2D eigenvalue weighted by atomic mass is 16.2. The summed E-state index contributed by atoms with van der Waals surface area (Å²) in [7, 11) is 0. The molecule has 1 aromatic carbocycles. The van der Waals surface area contributed by atoms with Crippen molar-refractivity contribution in [3.05, 3.63) is 36.0 Å². The van der Waals surface area contributed by atoms with Gasteiger partial charge in [0.2, 0.25) is 29.5 Å². The van der Waals surface area contributed by atoms with Crippen LogP contribution in [0.4, 0.5) is 0 Å². The minimum Gasteiger partial charge on any atom is -0.361 e. The maximum absolute atomic E-state index is 13.2. The lowest BCUT2D eigenvalue weighted by Crippen LogP contribution is -2.57. The Bertz CT molecular complexity index is 1130. The average Bonchev–Trinajstić information content (AvgIpc) is 3.22. The van der Waals surface area contributed by atoms with Crippen LogP contribution in [0, 0.1) is 5.92 Å². The minimum absolute atomic E-state index is 0.158. The molecule has 1 aromatic heterocycles. The van der Waals surface area contributed by atoms with E-state index in [0.29, 0.717) is 0 Å². The fraction of sp³-hybridized carbons (Fsp3) is 0.458. The normalized spacial score (nSPS) is 25.1. The maximum Gasteiger partial charge on any atom is 0.243 e. The lowest BCUT2D eigenvalue weighted by molar-refractivity contribution is -0.133. The van der Waals surface area contributed by atoms with Crippen molar-refractivity contribution < 1.29 is 24.0 Å². The van der Waals surface area contributed by atoms with Gasteiger partial charge in [-0.2, -0.15) is 0 Å². The highest BCUT2D eigenvalue weighted by Gasteiger charge is 2.31. The van der Waals surface area contributed by atoms with Crippen LogP contribution >= 0.6 is 0 Å². The Morgan fingerprint density at radius 1 is 0.829 bits per heavy atom. The first-order valence-electron chi connectivity index (χ1n) is 11.6. The molecule has 0 bridgehead atoms. The number of amides is 5. The maximum atomic E-state index is 13.2. The van der Waals surface area contributed by atoms with Crippen LogP contribution in [-0.4, -0.2) is 65.2 Å². The number of hydrogen-bond donors (Lipinski definition) is 6. The molecule has 0 saturated carbocycles. The molecular formula is C24H32N6O5. The second-order valence-electron chi connectivity index (χ2n) is 9.09. The molecule has 6 N–H and O–H groups in total. The number of carbonyl (C=O) groups is 5. The van der Waals surface area contributed by atoms with Gasteiger partial charge < -0.3 is 31.6 Å². The van der Waals surface area contributed by atoms with Crippen LogP contribution in [0.5, 0.6) is 0 Å². The summed E-state index contributed by atoms with van der Waals surface area (Å²) in [5.74, 6) is -3.07. The zero-order valence-electron chi connectivity index (χ0n) is 20.2. The number of fused-ring (bicyclic) bond motifs is 1. The van der Waals surface area contributed by atoms with Gasteiger partial charge in [0, 0.05) is 23.5 Å². The highest BCUT2D eigenvalue weighted by molar-refractivity contribution is 5.97. The Hall–Kier alpha value is -3.89. The van der Waals surface area contributed by atoms with E-state index >= 15 is 0 Å². The van der Waals surface area contributed by atoms with E-state index in [-0.39, 0.29) is 18.9 Å². The summed E-state index contributed by atoms with van der Waals surface area (Å²) in [6.07, 6.45) is 1.93. The van der Waals surface area contributed by atoms with Gasteiger partial charge in [-0.1, -0.05) is 32.0 Å². The van der Waals surface area contributed by atoms with E-state index in [1.165, 1.54) is 13.8 Å². The number of carbonyl (C=O) groups excluding carboxylic acids is 5. The fourth-order valence-electron chi connectivity index (χ4n) is 3.85. The van der Waals surface area contributed by atoms with Crippen LogP contribution in [0.3, 0.4) is 0 Å². The van der Waals surface area contributed by atoms with Crippen LogP contribution in [-0.2, 0) is 30.4 Å². The van der Waals surface area contributed by atoms with E-state index in [9.17, 15) is 24.0 Å². The largest absolute Gasteiger partial charge is 0.361 e. The Morgan fingerprint density at radius 3 is 2.20 bits per heavy atom. The highest BCUT2D eigenvalue weighted by Crippen LogP contribution is 2.19. The predicted octanol–water partition coefficient (Wildman–Crippen LogP) is -0.525. The number of rotatable bonds is 3. The second-order valence-corrected chi connectivity index (χ2v) is 9.09. The van der Waals surface area contributed by atoms with Crippen molar-refractivity contribution in [2.75, 3.05) is 6.54 Å². The summed E-state index contributed by atoms with van der Waals surface area (Å²) in [6.45, 7) is 6.13. The van der Waals surface area contributed by atoms with Gasteiger partial charge in [-0.15, -0.1) is 0 Å². The van der Waals surface area contributed by atoms with Crippen LogP contribution < -0.4 is 26.6 Å². The zero-order valence-corrected chi connectivity index (χ0v) is 20.2.